The van der Waals surface area contributed by atoms with Crippen molar-refractivity contribution in [3.63, 3.8) is 0 Å². The lowest BCUT2D eigenvalue weighted by molar-refractivity contribution is 0.290. The van der Waals surface area contributed by atoms with Crippen molar-refractivity contribution in [1.82, 2.24) is 0 Å². The van der Waals surface area contributed by atoms with E-state index < -0.39 is 0 Å². The number of para-hydroxylation sites is 1. The van der Waals surface area contributed by atoms with Crippen LogP contribution < -0.4 is 10.1 Å². The summed E-state index contributed by atoms with van der Waals surface area (Å²) in [5.74, 6) is 0.0507. The van der Waals surface area contributed by atoms with E-state index in [0.717, 1.165) is 22.5 Å². The summed E-state index contributed by atoms with van der Waals surface area (Å²) < 4.78 is 20.2. The van der Waals surface area contributed by atoms with Crippen molar-refractivity contribution in [2.75, 3.05) is 5.32 Å². The first-order valence-electron chi connectivity index (χ1n) is 10.3. The van der Waals surface area contributed by atoms with Gasteiger partial charge in [0.05, 0.1) is 11.4 Å². The van der Waals surface area contributed by atoms with Crippen molar-refractivity contribution < 1.29 is 9.13 Å². The van der Waals surface area contributed by atoms with Gasteiger partial charge in [-0.1, -0.05) is 73.3 Å². The Bertz CT molecular complexity index is 1230. The molecule has 0 bridgehead atoms. The number of fused-ring (bicyclic) bond motifs is 2. The van der Waals surface area contributed by atoms with Gasteiger partial charge in [-0.3, -0.25) is 0 Å². The number of rotatable bonds is 5. The van der Waals surface area contributed by atoms with Gasteiger partial charge in [-0.05, 0) is 53.1 Å². The van der Waals surface area contributed by atoms with E-state index in [4.69, 9.17) is 4.74 Å². The van der Waals surface area contributed by atoms with Gasteiger partial charge in [-0.2, -0.15) is 0 Å². The maximum atomic E-state index is 14.4. The summed E-state index contributed by atoms with van der Waals surface area (Å²) in [6.07, 6.45) is 0. The van der Waals surface area contributed by atoms with Gasteiger partial charge in [-0.25, -0.2) is 4.39 Å². The second kappa shape index (κ2) is 8.48. The maximum Gasteiger partial charge on any atom is 0.165 e. The SMILES string of the molecule is CC(c1ccc2c(c1)Nc1ccccc1S2)c1ccc(F)c(OCc2ccccc2)c1. The Morgan fingerprint density at radius 1 is 0.806 bits per heavy atom. The number of anilines is 2. The second-order valence-electron chi connectivity index (χ2n) is 7.66. The fourth-order valence-corrected chi connectivity index (χ4v) is 4.72. The summed E-state index contributed by atoms with van der Waals surface area (Å²) in [7, 11) is 0. The van der Waals surface area contributed by atoms with E-state index in [-0.39, 0.29) is 17.5 Å². The van der Waals surface area contributed by atoms with Gasteiger partial charge < -0.3 is 10.1 Å². The molecule has 1 aliphatic rings. The summed E-state index contributed by atoms with van der Waals surface area (Å²) in [5, 5.41) is 3.54. The molecule has 1 unspecified atom stereocenters. The molecule has 1 heterocycles. The quantitative estimate of drug-likeness (QED) is 0.310. The van der Waals surface area contributed by atoms with Crippen LogP contribution in [0.25, 0.3) is 0 Å². The Hall–Kier alpha value is -3.24. The van der Waals surface area contributed by atoms with Crippen molar-refractivity contribution >= 4 is 23.1 Å². The van der Waals surface area contributed by atoms with E-state index in [1.54, 1.807) is 11.8 Å². The zero-order valence-corrected chi connectivity index (χ0v) is 18.0. The summed E-state index contributed by atoms with van der Waals surface area (Å²) in [4.78, 5) is 2.44. The van der Waals surface area contributed by atoms with Crippen LogP contribution in [0.1, 0.15) is 29.5 Å². The van der Waals surface area contributed by atoms with Crippen LogP contribution in [0.2, 0.25) is 0 Å². The molecule has 0 saturated heterocycles. The minimum atomic E-state index is -0.341. The molecule has 1 aliphatic heterocycles. The van der Waals surface area contributed by atoms with E-state index >= 15 is 0 Å². The summed E-state index contributed by atoms with van der Waals surface area (Å²) >= 11 is 1.78. The molecule has 4 aromatic carbocycles. The lowest BCUT2D eigenvalue weighted by Gasteiger charge is -2.23. The smallest absolute Gasteiger partial charge is 0.165 e. The van der Waals surface area contributed by atoms with Crippen molar-refractivity contribution in [3.8, 4) is 5.75 Å². The molecule has 4 heteroatoms. The fourth-order valence-electron chi connectivity index (χ4n) is 3.75. The topological polar surface area (TPSA) is 21.3 Å². The van der Waals surface area contributed by atoms with Gasteiger partial charge in [0.1, 0.15) is 6.61 Å². The summed E-state index contributed by atoms with van der Waals surface area (Å²) in [5.41, 5.74) is 5.44. The molecule has 0 saturated carbocycles. The summed E-state index contributed by atoms with van der Waals surface area (Å²) in [6, 6.07) is 29.8. The first kappa shape index (κ1) is 19.7. The van der Waals surface area contributed by atoms with Crippen LogP contribution in [-0.2, 0) is 6.61 Å². The Labute approximate surface area is 186 Å². The van der Waals surface area contributed by atoms with E-state index in [0.29, 0.717) is 6.61 Å². The van der Waals surface area contributed by atoms with Crippen molar-refractivity contribution in [1.29, 1.82) is 0 Å². The number of ether oxygens (including phenoxy) is 1. The van der Waals surface area contributed by atoms with Gasteiger partial charge in [0.25, 0.3) is 0 Å². The second-order valence-corrected chi connectivity index (χ2v) is 8.75. The van der Waals surface area contributed by atoms with E-state index in [1.807, 2.05) is 48.5 Å². The molecule has 0 amide bonds. The van der Waals surface area contributed by atoms with E-state index in [9.17, 15) is 4.39 Å². The zero-order chi connectivity index (χ0) is 21.2. The maximum absolute atomic E-state index is 14.4. The third-order valence-corrected chi connectivity index (χ3v) is 6.72. The Balaban J connectivity index is 1.37. The van der Waals surface area contributed by atoms with Crippen LogP contribution in [-0.4, -0.2) is 0 Å². The highest BCUT2D eigenvalue weighted by atomic mass is 32.2. The van der Waals surface area contributed by atoms with Gasteiger partial charge >= 0.3 is 0 Å². The molecule has 0 aromatic heterocycles. The molecule has 0 fully saturated rings. The standard InChI is InChI=1S/C27H22FNOS/c1-18(20-12-14-27-24(15-20)29-23-9-5-6-10-26(23)31-27)21-11-13-22(28)25(16-21)30-17-19-7-3-2-4-8-19/h2-16,18,29H,17H2,1H3. The number of benzene rings is 4. The highest BCUT2D eigenvalue weighted by Crippen LogP contribution is 2.45. The molecule has 1 atom stereocenters. The molecule has 0 aliphatic carbocycles. The molecule has 154 valence electrons. The third-order valence-electron chi connectivity index (χ3n) is 5.57. The Morgan fingerprint density at radius 2 is 1.52 bits per heavy atom. The zero-order valence-electron chi connectivity index (χ0n) is 17.1. The first-order valence-corrected chi connectivity index (χ1v) is 11.1. The number of nitrogens with one attached hydrogen (secondary N) is 1. The van der Waals surface area contributed by atoms with E-state index in [1.165, 1.54) is 21.4 Å². The van der Waals surface area contributed by atoms with Crippen molar-refractivity contribution in [2.45, 2.75) is 29.2 Å². The largest absolute Gasteiger partial charge is 0.486 e. The van der Waals surface area contributed by atoms with Crippen molar-refractivity contribution in [3.05, 3.63) is 114 Å². The molecule has 31 heavy (non-hydrogen) atoms. The van der Waals surface area contributed by atoms with Crippen LogP contribution in [0.15, 0.2) is 101 Å². The van der Waals surface area contributed by atoms with Gasteiger partial charge in [0.15, 0.2) is 11.6 Å². The normalized spacial score (nSPS) is 13.0. The van der Waals surface area contributed by atoms with Gasteiger partial charge in [-0.15, -0.1) is 0 Å². The Kier molecular flexibility index (Phi) is 5.39. The fraction of sp³-hybridized carbons (Fsp3) is 0.111. The minimum absolute atomic E-state index is 0.106. The average molecular weight is 428 g/mol. The lowest BCUT2D eigenvalue weighted by atomic mass is 9.92. The number of hydrogen-bond donors (Lipinski definition) is 1. The lowest BCUT2D eigenvalue weighted by Crippen LogP contribution is -2.03. The Morgan fingerprint density at radius 3 is 2.39 bits per heavy atom. The monoisotopic (exact) mass is 427 g/mol. The van der Waals surface area contributed by atoms with Gasteiger partial charge in [0, 0.05) is 15.7 Å². The van der Waals surface area contributed by atoms with E-state index in [2.05, 4.69) is 48.6 Å². The highest BCUT2D eigenvalue weighted by molar-refractivity contribution is 7.99. The van der Waals surface area contributed by atoms with Gasteiger partial charge in [0.2, 0.25) is 0 Å². The predicted octanol–water partition coefficient (Wildman–Crippen LogP) is 7.76. The highest BCUT2D eigenvalue weighted by Gasteiger charge is 2.18. The molecule has 5 rings (SSSR count). The van der Waals surface area contributed by atoms with Crippen LogP contribution in [0.5, 0.6) is 5.75 Å². The molecule has 0 spiro atoms. The number of halogens is 1. The minimum Gasteiger partial charge on any atom is -0.486 e. The van der Waals surface area contributed by atoms with Crippen molar-refractivity contribution in [2.24, 2.45) is 0 Å². The average Bonchev–Trinajstić information content (AvgIpc) is 2.82. The molecule has 0 radical (unpaired) electrons. The molecular formula is C27H22FNOS. The van der Waals surface area contributed by atoms with Crippen LogP contribution in [0.3, 0.4) is 0 Å². The number of hydrogen-bond acceptors (Lipinski definition) is 3. The van der Waals surface area contributed by atoms with Crippen LogP contribution in [0, 0.1) is 5.82 Å². The van der Waals surface area contributed by atoms with Crippen LogP contribution >= 0.6 is 11.8 Å². The van der Waals surface area contributed by atoms with Crippen LogP contribution in [0.4, 0.5) is 15.8 Å². The first-order chi connectivity index (χ1) is 15.2. The summed E-state index contributed by atoms with van der Waals surface area (Å²) in [6.45, 7) is 2.48. The third kappa shape index (κ3) is 4.17. The predicted molar refractivity (Wildman–Crippen MR) is 125 cm³/mol. The molecule has 2 nitrogen and oxygen atoms in total. The molecule has 1 N–H and O–H groups in total. The molecule has 4 aromatic rings. The molecular weight excluding hydrogens is 405 g/mol.